The van der Waals surface area contributed by atoms with Gasteiger partial charge < -0.3 is 20.6 Å². The minimum absolute atomic E-state index is 0.00631. The summed E-state index contributed by atoms with van der Waals surface area (Å²) in [7, 11) is 0. The number of amides is 2. The maximum absolute atomic E-state index is 12.6. The molecule has 1 aromatic heterocycles. The van der Waals surface area contributed by atoms with Gasteiger partial charge in [0.05, 0.1) is 5.56 Å². The second-order valence-corrected chi connectivity index (χ2v) is 11.6. The number of carboxylic acid groups (broad SMARTS) is 1. The van der Waals surface area contributed by atoms with Crippen LogP contribution in [0.5, 0.6) is 0 Å². The lowest BCUT2D eigenvalue weighted by Gasteiger charge is -2.15. The molecular weight excluding hydrogens is 576 g/mol. The lowest BCUT2D eigenvalue weighted by molar-refractivity contribution is -0.139. The normalized spacial score (nSPS) is 14.8. The third kappa shape index (κ3) is 18.9. The minimum Gasteiger partial charge on any atom is -0.480 e. The number of pyridine rings is 1. The summed E-state index contributed by atoms with van der Waals surface area (Å²) in [6.45, 7) is 5.86. The second kappa shape index (κ2) is 25.4. The van der Waals surface area contributed by atoms with Gasteiger partial charge in [0, 0.05) is 37.8 Å². The fourth-order valence-electron chi connectivity index (χ4n) is 5.02. The Morgan fingerprint density at radius 2 is 1.50 bits per heavy atom. The van der Waals surface area contributed by atoms with E-state index in [9.17, 15) is 19.5 Å². The van der Waals surface area contributed by atoms with Gasteiger partial charge in [-0.25, -0.2) is 4.79 Å². The SMILES string of the molecule is CCC=CCC=CCC=CCC=CCC=CCCCC(=O)NCCCCC(NC(=O)c1ccc(CCN2CCCC2)nc1)C(=O)O. The van der Waals surface area contributed by atoms with Crippen molar-refractivity contribution in [2.75, 3.05) is 26.2 Å². The average Bonchev–Trinajstić information content (AvgIpc) is 3.58. The van der Waals surface area contributed by atoms with Crippen LogP contribution in [0.15, 0.2) is 79.1 Å². The number of unbranched alkanes of at least 4 members (excludes halogenated alkanes) is 2. The van der Waals surface area contributed by atoms with Gasteiger partial charge in [0.1, 0.15) is 6.04 Å². The quantitative estimate of drug-likeness (QED) is 0.0827. The fourth-order valence-corrected chi connectivity index (χ4v) is 5.02. The van der Waals surface area contributed by atoms with E-state index in [4.69, 9.17) is 0 Å². The Balaban J connectivity index is 1.49. The van der Waals surface area contributed by atoms with Crippen LogP contribution >= 0.6 is 0 Å². The smallest absolute Gasteiger partial charge is 0.326 e. The molecule has 0 spiro atoms. The molecule has 1 saturated heterocycles. The molecule has 3 N–H and O–H groups in total. The van der Waals surface area contributed by atoms with Crippen molar-refractivity contribution in [1.82, 2.24) is 20.5 Å². The van der Waals surface area contributed by atoms with Gasteiger partial charge in [0.15, 0.2) is 0 Å². The van der Waals surface area contributed by atoms with Crippen molar-refractivity contribution in [1.29, 1.82) is 0 Å². The van der Waals surface area contributed by atoms with E-state index < -0.39 is 17.9 Å². The highest BCUT2D eigenvalue weighted by molar-refractivity contribution is 5.96. The van der Waals surface area contributed by atoms with Crippen molar-refractivity contribution in [2.24, 2.45) is 0 Å². The largest absolute Gasteiger partial charge is 0.480 e. The topological polar surface area (TPSA) is 112 Å². The minimum atomic E-state index is -1.07. The van der Waals surface area contributed by atoms with Crippen LogP contribution in [-0.4, -0.2) is 65.0 Å². The van der Waals surface area contributed by atoms with Gasteiger partial charge in [-0.2, -0.15) is 0 Å². The number of hydrogen-bond acceptors (Lipinski definition) is 5. The molecule has 46 heavy (non-hydrogen) atoms. The zero-order valence-electron chi connectivity index (χ0n) is 27.9. The highest BCUT2D eigenvalue weighted by Gasteiger charge is 2.20. The number of carbonyl (C=O) groups is 3. The molecule has 0 aromatic carbocycles. The van der Waals surface area contributed by atoms with Gasteiger partial charge in [-0.3, -0.25) is 14.6 Å². The number of hydrogen-bond donors (Lipinski definition) is 3. The summed E-state index contributed by atoms with van der Waals surface area (Å²) < 4.78 is 0. The number of nitrogens with zero attached hydrogens (tertiary/aromatic N) is 2. The van der Waals surface area contributed by atoms with Gasteiger partial charge >= 0.3 is 5.97 Å². The molecule has 1 fully saturated rings. The van der Waals surface area contributed by atoms with Crippen LogP contribution in [0, 0.1) is 0 Å². The Labute approximate surface area is 276 Å². The van der Waals surface area contributed by atoms with Crippen LogP contribution in [0.1, 0.15) is 106 Å². The van der Waals surface area contributed by atoms with Crippen molar-refractivity contribution < 1.29 is 19.5 Å². The lowest BCUT2D eigenvalue weighted by atomic mass is 10.1. The summed E-state index contributed by atoms with van der Waals surface area (Å²) in [5, 5.41) is 15.1. The summed E-state index contributed by atoms with van der Waals surface area (Å²) in [6.07, 6.45) is 35.1. The number of carboxylic acids is 1. The first-order valence-electron chi connectivity index (χ1n) is 17.2. The first kappa shape index (κ1) is 38.4. The first-order chi connectivity index (χ1) is 22.5. The third-order valence-corrected chi connectivity index (χ3v) is 7.75. The predicted molar refractivity (Wildman–Crippen MR) is 188 cm³/mol. The molecule has 1 atom stereocenters. The first-order valence-corrected chi connectivity index (χ1v) is 17.2. The molecule has 2 amide bonds. The van der Waals surface area contributed by atoms with E-state index in [2.05, 4.69) is 88.2 Å². The number of aliphatic carboxylic acids is 1. The Morgan fingerprint density at radius 1 is 0.870 bits per heavy atom. The Kier molecular flexibility index (Phi) is 21.2. The molecule has 0 aliphatic carbocycles. The number of likely N-dealkylation sites (tertiary alicyclic amines) is 1. The standard InChI is InChI=1S/C38H56N4O4/c1-2-3-4-5-6-7-8-9-10-11-12-13-14-15-16-17-18-24-36(43)39-28-20-19-23-35(38(45)46)41-37(44)33-25-26-34(40-32-33)27-31-42-29-21-22-30-42/h3-4,6-7,9-10,12-13,15-16,25-26,32,35H,2,5,8,11,14,17-24,27-31H2,1H3,(H,39,43)(H,41,44)(H,45,46). The number of rotatable bonds is 24. The second-order valence-electron chi connectivity index (χ2n) is 11.6. The number of aromatic nitrogens is 1. The van der Waals surface area contributed by atoms with E-state index in [-0.39, 0.29) is 5.91 Å². The summed E-state index contributed by atoms with van der Waals surface area (Å²) >= 11 is 0. The zero-order chi connectivity index (χ0) is 33.1. The van der Waals surface area contributed by atoms with Gasteiger partial charge in [-0.1, -0.05) is 67.7 Å². The molecule has 1 aliphatic rings. The number of allylic oxidation sites excluding steroid dienone is 10. The highest BCUT2D eigenvalue weighted by atomic mass is 16.4. The fraction of sp³-hybridized carbons (Fsp3) is 0.526. The highest BCUT2D eigenvalue weighted by Crippen LogP contribution is 2.10. The van der Waals surface area contributed by atoms with Crippen molar-refractivity contribution in [3.05, 3.63) is 90.3 Å². The molecule has 2 rings (SSSR count). The lowest BCUT2D eigenvalue weighted by Crippen LogP contribution is -2.40. The van der Waals surface area contributed by atoms with Gasteiger partial charge in [0.25, 0.3) is 5.91 Å². The molecule has 2 heterocycles. The van der Waals surface area contributed by atoms with E-state index in [0.29, 0.717) is 37.8 Å². The monoisotopic (exact) mass is 632 g/mol. The Bertz CT molecular complexity index is 1150. The van der Waals surface area contributed by atoms with E-state index >= 15 is 0 Å². The van der Waals surface area contributed by atoms with Gasteiger partial charge in [-0.05, 0) is 102 Å². The average molecular weight is 633 g/mol. The summed E-state index contributed by atoms with van der Waals surface area (Å²) in [5.41, 5.74) is 1.28. The van der Waals surface area contributed by atoms with Crippen molar-refractivity contribution >= 4 is 17.8 Å². The molecule has 8 nitrogen and oxygen atoms in total. The van der Waals surface area contributed by atoms with Crippen LogP contribution in [0.3, 0.4) is 0 Å². The summed E-state index contributed by atoms with van der Waals surface area (Å²) in [4.78, 5) is 43.3. The van der Waals surface area contributed by atoms with Crippen LogP contribution in [0.25, 0.3) is 0 Å². The summed E-state index contributed by atoms with van der Waals surface area (Å²) in [6, 6.07) is 2.56. The maximum Gasteiger partial charge on any atom is 0.326 e. The molecular formula is C38H56N4O4. The van der Waals surface area contributed by atoms with E-state index in [1.165, 1.54) is 19.0 Å². The molecule has 252 valence electrons. The Hall–Kier alpha value is -3.78. The van der Waals surface area contributed by atoms with Crippen LogP contribution in [0.4, 0.5) is 0 Å². The van der Waals surface area contributed by atoms with Crippen molar-refractivity contribution in [3.8, 4) is 0 Å². The molecule has 1 unspecified atom stereocenters. The van der Waals surface area contributed by atoms with Gasteiger partial charge in [0.2, 0.25) is 5.91 Å². The number of nitrogens with one attached hydrogen (secondary N) is 2. The molecule has 1 aromatic rings. The predicted octanol–water partition coefficient (Wildman–Crippen LogP) is 7.11. The maximum atomic E-state index is 12.6. The molecule has 0 saturated carbocycles. The third-order valence-electron chi connectivity index (χ3n) is 7.75. The van der Waals surface area contributed by atoms with E-state index in [1.807, 2.05) is 6.07 Å². The van der Waals surface area contributed by atoms with Crippen molar-refractivity contribution in [2.45, 2.75) is 103 Å². The molecule has 1 aliphatic heterocycles. The van der Waals surface area contributed by atoms with Crippen LogP contribution < -0.4 is 10.6 Å². The van der Waals surface area contributed by atoms with Crippen LogP contribution in [-0.2, 0) is 16.0 Å². The number of carbonyl (C=O) groups excluding carboxylic acids is 2. The van der Waals surface area contributed by atoms with Gasteiger partial charge in [-0.15, -0.1) is 0 Å². The Morgan fingerprint density at radius 3 is 2.09 bits per heavy atom. The van der Waals surface area contributed by atoms with E-state index in [0.717, 1.165) is 76.7 Å². The van der Waals surface area contributed by atoms with Crippen LogP contribution in [0.2, 0.25) is 0 Å². The van der Waals surface area contributed by atoms with E-state index in [1.54, 1.807) is 6.07 Å². The zero-order valence-corrected chi connectivity index (χ0v) is 27.9. The molecule has 0 bridgehead atoms. The molecule has 0 radical (unpaired) electrons. The molecule has 8 heteroatoms. The summed E-state index contributed by atoms with van der Waals surface area (Å²) in [5.74, 6) is -1.50. The van der Waals surface area contributed by atoms with Crippen molar-refractivity contribution in [3.63, 3.8) is 0 Å².